The molecule has 0 bridgehead atoms. The molecule has 2 aromatic rings. The van der Waals surface area contributed by atoms with E-state index >= 15 is 0 Å². The lowest BCUT2D eigenvalue weighted by Gasteiger charge is -2.22. The average molecular weight is 305 g/mol. The zero-order valence-electron chi connectivity index (χ0n) is 12.5. The Hall–Kier alpha value is -1.40. The number of nitrogens with two attached hydrogens (primary N) is 1. The van der Waals surface area contributed by atoms with E-state index in [9.17, 15) is 0 Å². The lowest BCUT2D eigenvalue weighted by molar-refractivity contribution is 0.373. The molecule has 3 rings (SSSR count). The number of nitrogens with one attached hydrogen (secondary N) is 2. The second-order valence-corrected chi connectivity index (χ2v) is 6.83. The van der Waals surface area contributed by atoms with Gasteiger partial charge in [0.1, 0.15) is 10.6 Å². The molecule has 4 N–H and O–H groups in total. The molecule has 21 heavy (non-hydrogen) atoms. The number of rotatable bonds is 5. The van der Waals surface area contributed by atoms with Gasteiger partial charge in [0, 0.05) is 11.4 Å². The predicted octanol–water partition coefficient (Wildman–Crippen LogP) is 3.53. The average Bonchev–Trinajstić information content (AvgIpc) is 2.96. The van der Waals surface area contributed by atoms with Crippen molar-refractivity contribution in [3.8, 4) is 0 Å². The van der Waals surface area contributed by atoms with E-state index in [2.05, 4.69) is 33.7 Å². The van der Waals surface area contributed by atoms with E-state index in [1.165, 1.54) is 37.0 Å². The summed E-state index contributed by atoms with van der Waals surface area (Å²) in [4.78, 5) is 11.3. The van der Waals surface area contributed by atoms with Gasteiger partial charge in [-0.3, -0.25) is 5.43 Å². The summed E-state index contributed by atoms with van der Waals surface area (Å²) in [7, 11) is 0. The fourth-order valence-corrected chi connectivity index (χ4v) is 3.94. The van der Waals surface area contributed by atoms with Crippen LogP contribution in [0.15, 0.2) is 6.07 Å². The number of aromatic nitrogens is 2. The van der Waals surface area contributed by atoms with Crippen LogP contribution in [0.3, 0.4) is 0 Å². The standard InChI is InChI=1S/C15H23N5S/c1-2-11-8-12-13(17-9-10-6-4-3-5-7-10)18-15(20-16)19-14(12)21-11/h8,10H,2-7,9,16H2,1H3,(H2,17,18,19,20). The molecule has 114 valence electrons. The Bertz CT molecular complexity index is 603. The first kappa shape index (κ1) is 14.5. The Morgan fingerprint density at radius 3 is 2.81 bits per heavy atom. The fourth-order valence-electron chi connectivity index (χ4n) is 2.98. The van der Waals surface area contributed by atoms with E-state index in [4.69, 9.17) is 5.84 Å². The van der Waals surface area contributed by atoms with Crippen molar-refractivity contribution < 1.29 is 0 Å². The molecule has 2 aromatic heterocycles. The minimum Gasteiger partial charge on any atom is -0.369 e. The Labute approximate surface area is 129 Å². The van der Waals surface area contributed by atoms with Crippen LogP contribution in [0.1, 0.15) is 43.9 Å². The van der Waals surface area contributed by atoms with Crippen LogP contribution in [0.2, 0.25) is 0 Å². The summed E-state index contributed by atoms with van der Waals surface area (Å²) in [5, 5.41) is 4.65. The van der Waals surface area contributed by atoms with Crippen molar-refractivity contribution in [2.45, 2.75) is 45.4 Å². The molecule has 1 fully saturated rings. The third-order valence-electron chi connectivity index (χ3n) is 4.20. The summed E-state index contributed by atoms with van der Waals surface area (Å²) in [6, 6.07) is 2.20. The molecule has 0 saturated heterocycles. The van der Waals surface area contributed by atoms with E-state index in [0.29, 0.717) is 5.95 Å². The van der Waals surface area contributed by atoms with Gasteiger partial charge in [-0.25, -0.2) is 10.8 Å². The first-order valence-corrected chi connectivity index (χ1v) is 8.62. The van der Waals surface area contributed by atoms with Gasteiger partial charge in [-0.15, -0.1) is 11.3 Å². The molecular weight excluding hydrogens is 282 g/mol. The largest absolute Gasteiger partial charge is 0.369 e. The molecular formula is C15H23N5S. The summed E-state index contributed by atoms with van der Waals surface area (Å²) in [6.45, 7) is 3.16. The second-order valence-electron chi connectivity index (χ2n) is 5.71. The van der Waals surface area contributed by atoms with E-state index in [1.807, 2.05) is 0 Å². The Balaban J connectivity index is 1.82. The van der Waals surface area contributed by atoms with Crippen LogP contribution in [0.25, 0.3) is 10.2 Å². The van der Waals surface area contributed by atoms with Crippen LogP contribution in [0.5, 0.6) is 0 Å². The van der Waals surface area contributed by atoms with Gasteiger partial charge in [-0.05, 0) is 31.2 Å². The van der Waals surface area contributed by atoms with Crippen molar-refractivity contribution in [2.75, 3.05) is 17.3 Å². The van der Waals surface area contributed by atoms with Gasteiger partial charge < -0.3 is 5.32 Å². The highest BCUT2D eigenvalue weighted by atomic mass is 32.1. The summed E-state index contributed by atoms with van der Waals surface area (Å²) < 4.78 is 0. The third-order valence-corrected chi connectivity index (χ3v) is 5.38. The number of aryl methyl sites for hydroxylation is 1. The first-order chi connectivity index (χ1) is 10.3. The van der Waals surface area contributed by atoms with Crippen molar-refractivity contribution in [2.24, 2.45) is 11.8 Å². The lowest BCUT2D eigenvalue weighted by Crippen LogP contribution is -2.18. The Morgan fingerprint density at radius 1 is 1.29 bits per heavy atom. The molecule has 6 heteroatoms. The number of nitrogen functional groups attached to an aromatic ring is 1. The molecule has 0 radical (unpaired) electrons. The molecule has 0 aromatic carbocycles. The predicted molar refractivity (Wildman–Crippen MR) is 89.7 cm³/mol. The number of hydrogen-bond donors (Lipinski definition) is 3. The minimum absolute atomic E-state index is 0.484. The van der Waals surface area contributed by atoms with Crippen LogP contribution in [0.4, 0.5) is 11.8 Å². The molecule has 1 saturated carbocycles. The molecule has 0 spiro atoms. The number of anilines is 2. The zero-order chi connectivity index (χ0) is 14.7. The monoisotopic (exact) mass is 305 g/mol. The zero-order valence-corrected chi connectivity index (χ0v) is 13.3. The first-order valence-electron chi connectivity index (χ1n) is 7.81. The maximum atomic E-state index is 5.49. The van der Waals surface area contributed by atoms with E-state index in [0.717, 1.165) is 34.9 Å². The fraction of sp³-hybridized carbons (Fsp3) is 0.600. The Kier molecular flexibility index (Phi) is 4.55. The highest BCUT2D eigenvalue weighted by molar-refractivity contribution is 7.18. The van der Waals surface area contributed by atoms with Gasteiger partial charge in [0.05, 0.1) is 5.39 Å². The van der Waals surface area contributed by atoms with E-state index in [1.54, 1.807) is 11.3 Å². The number of hydrazine groups is 1. The maximum Gasteiger partial charge on any atom is 0.240 e. The molecule has 0 amide bonds. The SMILES string of the molecule is CCc1cc2c(NCC3CCCCC3)nc(NN)nc2s1. The topological polar surface area (TPSA) is 75.9 Å². The smallest absolute Gasteiger partial charge is 0.240 e. The lowest BCUT2D eigenvalue weighted by atomic mass is 9.89. The summed E-state index contributed by atoms with van der Waals surface area (Å²) in [6.07, 6.45) is 7.79. The van der Waals surface area contributed by atoms with Crippen molar-refractivity contribution in [1.29, 1.82) is 0 Å². The van der Waals surface area contributed by atoms with Crippen LogP contribution >= 0.6 is 11.3 Å². The quantitative estimate of drug-likeness (QED) is 0.582. The van der Waals surface area contributed by atoms with Crippen LogP contribution in [-0.4, -0.2) is 16.5 Å². The van der Waals surface area contributed by atoms with Gasteiger partial charge in [0.2, 0.25) is 5.95 Å². The van der Waals surface area contributed by atoms with Crippen LogP contribution < -0.4 is 16.6 Å². The van der Waals surface area contributed by atoms with Crippen molar-refractivity contribution in [1.82, 2.24) is 9.97 Å². The second kappa shape index (κ2) is 6.58. The summed E-state index contributed by atoms with van der Waals surface area (Å²) in [5.41, 5.74) is 2.57. The maximum absolute atomic E-state index is 5.49. The van der Waals surface area contributed by atoms with E-state index < -0.39 is 0 Å². The number of thiophene rings is 1. The number of nitrogens with zero attached hydrogens (tertiary/aromatic N) is 2. The molecule has 5 nitrogen and oxygen atoms in total. The van der Waals surface area contributed by atoms with Gasteiger partial charge in [0.15, 0.2) is 0 Å². The molecule has 0 atom stereocenters. The Morgan fingerprint density at radius 2 is 2.10 bits per heavy atom. The minimum atomic E-state index is 0.484. The van der Waals surface area contributed by atoms with Crippen LogP contribution in [0, 0.1) is 5.92 Å². The van der Waals surface area contributed by atoms with Gasteiger partial charge in [-0.2, -0.15) is 4.98 Å². The number of hydrogen-bond acceptors (Lipinski definition) is 6. The number of fused-ring (bicyclic) bond motifs is 1. The molecule has 1 aliphatic rings. The van der Waals surface area contributed by atoms with Gasteiger partial charge in [-0.1, -0.05) is 26.2 Å². The van der Waals surface area contributed by atoms with Crippen LogP contribution in [-0.2, 0) is 6.42 Å². The van der Waals surface area contributed by atoms with Gasteiger partial charge in [0.25, 0.3) is 0 Å². The third kappa shape index (κ3) is 3.27. The molecule has 2 heterocycles. The molecule has 0 unspecified atom stereocenters. The van der Waals surface area contributed by atoms with Gasteiger partial charge >= 0.3 is 0 Å². The summed E-state index contributed by atoms with van der Waals surface area (Å²) >= 11 is 1.72. The molecule has 0 aliphatic heterocycles. The molecule has 1 aliphatic carbocycles. The summed E-state index contributed by atoms with van der Waals surface area (Å²) in [5.74, 6) is 7.65. The highest BCUT2D eigenvalue weighted by Crippen LogP contribution is 2.31. The van der Waals surface area contributed by atoms with Crippen molar-refractivity contribution in [3.05, 3.63) is 10.9 Å². The highest BCUT2D eigenvalue weighted by Gasteiger charge is 2.15. The van der Waals surface area contributed by atoms with E-state index in [-0.39, 0.29) is 0 Å². The van der Waals surface area contributed by atoms with Crippen molar-refractivity contribution in [3.63, 3.8) is 0 Å². The normalized spacial score (nSPS) is 16.3. The van der Waals surface area contributed by atoms with Crippen molar-refractivity contribution >= 4 is 33.3 Å².